The van der Waals surface area contributed by atoms with Gasteiger partial charge in [0.25, 0.3) is 0 Å². The molecular formula is C19H22N4. The smallest absolute Gasteiger partial charge is 0.111 e. The van der Waals surface area contributed by atoms with Crippen LogP contribution in [0.1, 0.15) is 30.1 Å². The van der Waals surface area contributed by atoms with E-state index < -0.39 is 0 Å². The lowest BCUT2D eigenvalue weighted by atomic mass is 9.97. The number of pyridine rings is 1. The third kappa shape index (κ3) is 3.27. The molecule has 3 aromatic rings. The molecular weight excluding hydrogens is 284 g/mol. The van der Waals surface area contributed by atoms with E-state index in [1.807, 2.05) is 12.4 Å². The monoisotopic (exact) mass is 306 g/mol. The average Bonchev–Trinajstić information content (AvgIpc) is 3.05. The molecule has 1 fully saturated rings. The van der Waals surface area contributed by atoms with E-state index in [9.17, 15) is 0 Å². The van der Waals surface area contributed by atoms with Crippen LogP contribution in [-0.2, 0) is 6.42 Å². The van der Waals surface area contributed by atoms with Crippen LogP contribution in [0.25, 0.3) is 11.0 Å². The van der Waals surface area contributed by atoms with Crippen molar-refractivity contribution in [2.45, 2.75) is 25.2 Å². The van der Waals surface area contributed by atoms with E-state index in [4.69, 9.17) is 4.98 Å². The maximum absolute atomic E-state index is 4.80. The summed E-state index contributed by atoms with van der Waals surface area (Å²) >= 11 is 0. The normalized spacial score (nSPS) is 19.2. The first-order valence-electron chi connectivity index (χ1n) is 8.44. The third-order valence-electron chi connectivity index (χ3n) is 4.77. The summed E-state index contributed by atoms with van der Waals surface area (Å²) in [5.74, 6) is 1.67. The third-order valence-corrected chi connectivity index (χ3v) is 4.77. The molecule has 0 spiro atoms. The van der Waals surface area contributed by atoms with Crippen LogP contribution in [-0.4, -0.2) is 39.5 Å². The number of imidazole rings is 1. The molecule has 0 bridgehead atoms. The summed E-state index contributed by atoms with van der Waals surface area (Å²) in [7, 11) is 0. The predicted octanol–water partition coefficient (Wildman–Crippen LogP) is 3.38. The molecule has 1 aromatic carbocycles. The van der Waals surface area contributed by atoms with Crippen LogP contribution < -0.4 is 0 Å². The fourth-order valence-electron chi connectivity index (χ4n) is 3.48. The minimum Gasteiger partial charge on any atom is -0.342 e. The Bertz CT molecular complexity index is 732. The van der Waals surface area contributed by atoms with E-state index in [1.54, 1.807) is 0 Å². The highest BCUT2D eigenvalue weighted by atomic mass is 15.1. The molecule has 0 amide bonds. The molecule has 1 saturated heterocycles. The van der Waals surface area contributed by atoms with Gasteiger partial charge in [0, 0.05) is 31.4 Å². The molecule has 23 heavy (non-hydrogen) atoms. The second-order valence-corrected chi connectivity index (χ2v) is 6.38. The minimum atomic E-state index is 0.522. The highest BCUT2D eigenvalue weighted by Gasteiger charge is 2.23. The number of nitrogens with one attached hydrogen (secondary N) is 1. The van der Waals surface area contributed by atoms with Gasteiger partial charge < -0.3 is 9.88 Å². The van der Waals surface area contributed by atoms with Crippen molar-refractivity contribution < 1.29 is 0 Å². The van der Waals surface area contributed by atoms with Gasteiger partial charge in [-0.1, -0.05) is 12.1 Å². The van der Waals surface area contributed by atoms with Gasteiger partial charge in [0.05, 0.1) is 11.0 Å². The topological polar surface area (TPSA) is 44.8 Å². The van der Waals surface area contributed by atoms with E-state index in [2.05, 4.69) is 51.3 Å². The summed E-state index contributed by atoms with van der Waals surface area (Å²) in [5, 5.41) is 0. The van der Waals surface area contributed by atoms with Gasteiger partial charge in [-0.2, -0.15) is 0 Å². The number of para-hydroxylation sites is 2. The molecule has 1 N–H and O–H groups in total. The van der Waals surface area contributed by atoms with E-state index >= 15 is 0 Å². The summed E-state index contributed by atoms with van der Waals surface area (Å²) in [4.78, 5) is 15.0. The second-order valence-electron chi connectivity index (χ2n) is 6.38. The van der Waals surface area contributed by atoms with Crippen molar-refractivity contribution in [3.05, 3.63) is 60.2 Å². The Balaban J connectivity index is 1.42. The van der Waals surface area contributed by atoms with Crippen molar-refractivity contribution in [2.75, 3.05) is 19.6 Å². The Morgan fingerprint density at radius 3 is 2.87 bits per heavy atom. The van der Waals surface area contributed by atoms with Crippen molar-refractivity contribution in [1.82, 2.24) is 19.9 Å². The zero-order chi connectivity index (χ0) is 15.5. The summed E-state index contributed by atoms with van der Waals surface area (Å²) in [6.45, 7) is 3.41. The Morgan fingerprint density at radius 1 is 1.13 bits per heavy atom. The lowest BCUT2D eigenvalue weighted by Gasteiger charge is -2.31. The van der Waals surface area contributed by atoms with E-state index in [0.29, 0.717) is 5.92 Å². The zero-order valence-electron chi connectivity index (χ0n) is 13.3. The van der Waals surface area contributed by atoms with Crippen LogP contribution in [0.15, 0.2) is 48.8 Å². The summed E-state index contributed by atoms with van der Waals surface area (Å²) in [6, 6.07) is 12.5. The number of aromatic amines is 1. The molecule has 1 atom stereocenters. The lowest BCUT2D eigenvalue weighted by Crippen LogP contribution is -2.36. The Kier molecular flexibility index (Phi) is 4.07. The largest absolute Gasteiger partial charge is 0.342 e. The maximum Gasteiger partial charge on any atom is 0.111 e. The SMILES string of the molecule is c1ccc2[nH]c(C3CCCN(CCc4ccncc4)C3)nc2c1. The molecule has 1 aliphatic heterocycles. The van der Waals surface area contributed by atoms with Crippen LogP contribution in [0.4, 0.5) is 0 Å². The first-order valence-corrected chi connectivity index (χ1v) is 8.44. The molecule has 3 heterocycles. The fourth-order valence-corrected chi connectivity index (χ4v) is 3.48. The molecule has 0 aliphatic carbocycles. The lowest BCUT2D eigenvalue weighted by molar-refractivity contribution is 0.207. The number of aromatic nitrogens is 3. The van der Waals surface area contributed by atoms with Crippen LogP contribution in [0.3, 0.4) is 0 Å². The highest BCUT2D eigenvalue weighted by molar-refractivity contribution is 5.74. The van der Waals surface area contributed by atoms with Gasteiger partial charge in [-0.3, -0.25) is 4.98 Å². The van der Waals surface area contributed by atoms with Crippen molar-refractivity contribution in [2.24, 2.45) is 0 Å². The van der Waals surface area contributed by atoms with Crippen molar-refractivity contribution in [1.29, 1.82) is 0 Å². The van der Waals surface area contributed by atoms with Crippen LogP contribution >= 0.6 is 0 Å². The number of fused-ring (bicyclic) bond motifs is 1. The highest BCUT2D eigenvalue weighted by Crippen LogP contribution is 2.26. The molecule has 1 aliphatic rings. The van der Waals surface area contributed by atoms with Gasteiger partial charge in [0.2, 0.25) is 0 Å². The number of nitrogens with zero attached hydrogens (tertiary/aromatic N) is 3. The number of hydrogen-bond donors (Lipinski definition) is 1. The van der Waals surface area contributed by atoms with Gasteiger partial charge in [-0.15, -0.1) is 0 Å². The number of likely N-dealkylation sites (tertiary alicyclic amines) is 1. The number of piperidine rings is 1. The molecule has 2 aromatic heterocycles. The number of benzene rings is 1. The Hall–Kier alpha value is -2.20. The van der Waals surface area contributed by atoms with Crippen molar-refractivity contribution in [3.63, 3.8) is 0 Å². The van der Waals surface area contributed by atoms with Gasteiger partial charge >= 0.3 is 0 Å². The molecule has 1 unspecified atom stereocenters. The number of rotatable bonds is 4. The van der Waals surface area contributed by atoms with Gasteiger partial charge in [0.1, 0.15) is 5.82 Å². The minimum absolute atomic E-state index is 0.522. The Labute approximate surface area is 136 Å². The molecule has 4 heteroatoms. The quantitative estimate of drug-likeness (QED) is 0.803. The maximum atomic E-state index is 4.80. The first kappa shape index (κ1) is 14.4. The van der Waals surface area contributed by atoms with Crippen LogP contribution in [0, 0.1) is 0 Å². The summed E-state index contributed by atoms with van der Waals surface area (Å²) < 4.78 is 0. The predicted molar refractivity (Wildman–Crippen MR) is 92.4 cm³/mol. The number of hydrogen-bond acceptors (Lipinski definition) is 3. The fraction of sp³-hybridized carbons (Fsp3) is 0.368. The van der Waals surface area contributed by atoms with Crippen LogP contribution in [0.2, 0.25) is 0 Å². The van der Waals surface area contributed by atoms with Crippen molar-refractivity contribution >= 4 is 11.0 Å². The average molecular weight is 306 g/mol. The number of H-pyrrole nitrogens is 1. The van der Waals surface area contributed by atoms with Gasteiger partial charge in [-0.25, -0.2) is 4.98 Å². The molecule has 0 radical (unpaired) electrons. The van der Waals surface area contributed by atoms with Crippen molar-refractivity contribution in [3.8, 4) is 0 Å². The summed E-state index contributed by atoms with van der Waals surface area (Å²) in [6.07, 6.45) is 7.32. The summed E-state index contributed by atoms with van der Waals surface area (Å²) in [5.41, 5.74) is 3.60. The van der Waals surface area contributed by atoms with Gasteiger partial charge in [0.15, 0.2) is 0 Å². The molecule has 4 nitrogen and oxygen atoms in total. The molecule has 4 rings (SSSR count). The van der Waals surface area contributed by atoms with E-state index in [1.165, 1.54) is 24.9 Å². The zero-order valence-corrected chi connectivity index (χ0v) is 13.3. The molecule has 0 saturated carbocycles. The standard InChI is InChI=1S/C19H22N4/c1-2-6-18-17(5-1)21-19(22-18)16-4-3-12-23(14-16)13-9-15-7-10-20-11-8-15/h1-2,5-8,10-11,16H,3-4,9,12-14H2,(H,21,22). The second kappa shape index (κ2) is 6.50. The molecule has 118 valence electrons. The van der Waals surface area contributed by atoms with E-state index in [-0.39, 0.29) is 0 Å². The Morgan fingerprint density at radius 2 is 2.00 bits per heavy atom. The first-order chi connectivity index (χ1) is 11.4. The van der Waals surface area contributed by atoms with E-state index in [0.717, 1.165) is 36.4 Å². The van der Waals surface area contributed by atoms with Gasteiger partial charge in [-0.05, 0) is 55.6 Å². The van der Waals surface area contributed by atoms with Crippen LogP contribution in [0.5, 0.6) is 0 Å².